The highest BCUT2D eigenvalue weighted by Gasteiger charge is 2.38. The molecule has 1 aromatic carbocycles. The number of rotatable bonds is 14. The molecular formula is C46H69NO9. The minimum Gasteiger partial charge on any atom is -0.490 e. The third-order valence-corrected chi connectivity index (χ3v) is 10.7. The zero-order valence-electron chi connectivity index (χ0n) is 35.4. The van der Waals surface area contributed by atoms with Crippen molar-refractivity contribution in [3.8, 4) is 0 Å². The number of methoxy groups -OCH3 is 2. The first-order valence-corrected chi connectivity index (χ1v) is 19.9. The molecule has 10 nitrogen and oxygen atoms in total. The van der Waals surface area contributed by atoms with Crippen LogP contribution in [0.4, 0.5) is 0 Å². The van der Waals surface area contributed by atoms with Gasteiger partial charge in [0.2, 0.25) is 5.76 Å². The third kappa shape index (κ3) is 14.9. The minimum absolute atomic E-state index is 0.0651. The van der Waals surface area contributed by atoms with Gasteiger partial charge >= 0.3 is 5.97 Å². The molecule has 312 valence electrons. The Balaban J connectivity index is 2.61. The molecule has 1 heterocycles. The van der Waals surface area contributed by atoms with Gasteiger partial charge in [-0.15, -0.1) is 0 Å². The summed E-state index contributed by atoms with van der Waals surface area (Å²) in [6.45, 7) is 17.2. The maximum absolute atomic E-state index is 13.9. The summed E-state index contributed by atoms with van der Waals surface area (Å²) in [7, 11) is 2.90. The maximum atomic E-state index is 13.9. The molecule has 0 aromatic heterocycles. The van der Waals surface area contributed by atoms with Crippen molar-refractivity contribution in [3.05, 3.63) is 107 Å². The zero-order valence-corrected chi connectivity index (χ0v) is 35.4. The number of nitrogens with zero attached hydrogens (tertiary/aromatic N) is 1. The molecule has 1 aromatic rings. The number of carbonyl (C=O) groups excluding carboxylic acids is 1. The van der Waals surface area contributed by atoms with E-state index < -0.39 is 54.4 Å². The number of aliphatic hydroxyl groups is 4. The summed E-state index contributed by atoms with van der Waals surface area (Å²) in [6.07, 6.45) is 12.1. The lowest BCUT2D eigenvalue weighted by Crippen LogP contribution is -2.45. The number of benzene rings is 1. The van der Waals surface area contributed by atoms with Crippen LogP contribution in [0.25, 0.3) is 0 Å². The molecule has 0 saturated heterocycles. The molecule has 0 saturated carbocycles. The summed E-state index contributed by atoms with van der Waals surface area (Å²) in [5.41, 5.74) is 3.04. The fraction of sp³-hybridized carbons (Fsp3) is 0.565. The highest BCUT2D eigenvalue weighted by molar-refractivity contribution is 5.96. The Hall–Kier alpha value is -3.80. The molecule has 1 aliphatic heterocycles. The van der Waals surface area contributed by atoms with Crippen molar-refractivity contribution in [1.29, 1.82) is 0 Å². The van der Waals surface area contributed by atoms with Crippen LogP contribution in [-0.4, -0.2) is 83.0 Å². The van der Waals surface area contributed by atoms with Crippen molar-refractivity contribution in [2.24, 2.45) is 40.7 Å². The smallest absolute Gasteiger partial charge is 0.373 e. The first-order valence-electron chi connectivity index (χ1n) is 19.9. The Kier molecular flexibility index (Phi) is 21.4. The standard InChI is InChI=1S/C46H69NO9/c1-12-18-39(48)31(5)23-24-38(47-55-28-36-20-15-14-16-21-36)34(8)44(51)35(9)45-40(53-10)22-17-19-29(3)25-32(6)42(49)37(13-2)43(50)33(7)26-30(4)27-41(54-11)46(52)56-45/h12,14-24,26-27,31-35,37,39-40,42-45,48-51H,13,25,28H2,1-11H3. The number of oxime groups is 1. The molecular weight excluding hydrogens is 711 g/mol. The van der Waals surface area contributed by atoms with Crippen LogP contribution in [0.3, 0.4) is 0 Å². The highest BCUT2D eigenvalue weighted by Crippen LogP contribution is 2.30. The van der Waals surface area contributed by atoms with Crippen LogP contribution in [-0.2, 0) is 30.4 Å². The average Bonchev–Trinajstić information content (AvgIpc) is 3.18. The predicted molar refractivity (Wildman–Crippen MR) is 223 cm³/mol. The number of hydrogen-bond donors (Lipinski definition) is 4. The van der Waals surface area contributed by atoms with E-state index in [1.807, 2.05) is 103 Å². The van der Waals surface area contributed by atoms with Gasteiger partial charge in [0, 0.05) is 36.7 Å². The number of allylic oxidation sites excluding steroid dienone is 7. The van der Waals surface area contributed by atoms with E-state index in [9.17, 15) is 25.2 Å². The lowest BCUT2D eigenvalue weighted by atomic mass is 9.79. The van der Waals surface area contributed by atoms with Crippen LogP contribution in [0.5, 0.6) is 0 Å². The highest BCUT2D eigenvalue weighted by atomic mass is 16.6. The average molecular weight is 780 g/mol. The molecule has 0 aliphatic carbocycles. The molecule has 0 radical (unpaired) electrons. The van der Waals surface area contributed by atoms with E-state index >= 15 is 0 Å². The van der Waals surface area contributed by atoms with Gasteiger partial charge in [0.05, 0.1) is 37.2 Å². The molecule has 12 unspecified atom stereocenters. The predicted octanol–water partition coefficient (Wildman–Crippen LogP) is 7.65. The van der Waals surface area contributed by atoms with Crippen molar-refractivity contribution in [3.63, 3.8) is 0 Å². The van der Waals surface area contributed by atoms with Crippen LogP contribution in [0.2, 0.25) is 0 Å². The first-order chi connectivity index (χ1) is 26.6. The Morgan fingerprint density at radius 3 is 2.32 bits per heavy atom. The molecule has 0 spiro atoms. The molecule has 56 heavy (non-hydrogen) atoms. The minimum atomic E-state index is -1.11. The number of hydrogen-bond acceptors (Lipinski definition) is 10. The van der Waals surface area contributed by atoms with Crippen molar-refractivity contribution >= 4 is 11.7 Å². The fourth-order valence-corrected chi connectivity index (χ4v) is 7.05. The Morgan fingerprint density at radius 2 is 1.71 bits per heavy atom. The number of carbonyl (C=O) groups is 1. The molecule has 0 fully saturated rings. The van der Waals surface area contributed by atoms with Crippen LogP contribution in [0, 0.1) is 35.5 Å². The quantitative estimate of drug-likeness (QED) is 0.0647. The van der Waals surface area contributed by atoms with Crippen LogP contribution < -0.4 is 0 Å². The SMILES string of the molecule is CC=CC(O)C(C)C=CC(=NOCc1ccccc1)C(C)C(O)C(C)C1OC(=O)C(OC)=CC(C)=CC(C)C(O)C(CC)C(O)C(C)CC(C)=CC=CC1OC. The second kappa shape index (κ2) is 24.8. The second-order valence-corrected chi connectivity index (χ2v) is 15.3. The normalized spacial score (nSPS) is 27.9. The van der Waals surface area contributed by atoms with Crippen LogP contribution in [0.15, 0.2) is 107 Å². The van der Waals surface area contributed by atoms with Gasteiger partial charge in [-0.3, -0.25) is 0 Å². The van der Waals surface area contributed by atoms with E-state index in [1.54, 1.807) is 44.2 Å². The zero-order chi connectivity index (χ0) is 41.9. The van der Waals surface area contributed by atoms with Gasteiger partial charge in [-0.1, -0.05) is 131 Å². The van der Waals surface area contributed by atoms with Gasteiger partial charge < -0.3 is 39.5 Å². The van der Waals surface area contributed by atoms with E-state index in [1.165, 1.54) is 14.2 Å². The number of cyclic esters (lactones) is 1. The van der Waals surface area contributed by atoms with Gasteiger partial charge in [-0.25, -0.2) is 4.79 Å². The first kappa shape index (κ1) is 48.3. The Labute approximate surface area is 336 Å². The largest absolute Gasteiger partial charge is 0.490 e. The Morgan fingerprint density at radius 1 is 1.04 bits per heavy atom. The van der Waals surface area contributed by atoms with Gasteiger partial charge in [0.25, 0.3) is 0 Å². The fourth-order valence-electron chi connectivity index (χ4n) is 7.05. The monoisotopic (exact) mass is 779 g/mol. The third-order valence-electron chi connectivity index (χ3n) is 10.7. The van der Waals surface area contributed by atoms with Gasteiger partial charge in [0.15, 0.2) is 0 Å². The molecule has 10 heteroatoms. The number of aliphatic hydroxyl groups excluding tert-OH is 4. The summed E-state index contributed by atoms with van der Waals surface area (Å²) >= 11 is 0. The van der Waals surface area contributed by atoms with Crippen LogP contribution in [0.1, 0.15) is 80.7 Å². The summed E-state index contributed by atoms with van der Waals surface area (Å²) in [6, 6.07) is 9.61. The number of ether oxygens (including phenoxy) is 3. The van der Waals surface area contributed by atoms with Gasteiger partial charge in [0.1, 0.15) is 18.8 Å². The summed E-state index contributed by atoms with van der Waals surface area (Å²) in [5.74, 6) is -3.19. The van der Waals surface area contributed by atoms with Gasteiger partial charge in [-0.2, -0.15) is 0 Å². The van der Waals surface area contributed by atoms with E-state index in [0.717, 1.165) is 11.1 Å². The summed E-state index contributed by atoms with van der Waals surface area (Å²) in [4.78, 5) is 19.6. The van der Waals surface area contributed by atoms with E-state index in [0.29, 0.717) is 24.1 Å². The van der Waals surface area contributed by atoms with Gasteiger partial charge in [-0.05, 0) is 57.2 Å². The molecule has 0 bridgehead atoms. The van der Waals surface area contributed by atoms with E-state index in [-0.39, 0.29) is 36.0 Å². The van der Waals surface area contributed by atoms with E-state index in [4.69, 9.17) is 19.0 Å². The topological polar surface area (TPSA) is 147 Å². The number of esters is 1. The van der Waals surface area contributed by atoms with Crippen molar-refractivity contribution in [2.75, 3.05) is 14.2 Å². The lowest BCUT2D eigenvalue weighted by molar-refractivity contribution is -0.161. The lowest BCUT2D eigenvalue weighted by Gasteiger charge is -2.34. The van der Waals surface area contributed by atoms with Crippen molar-refractivity contribution in [2.45, 2.75) is 118 Å². The summed E-state index contributed by atoms with van der Waals surface area (Å²) in [5, 5.41) is 49.7. The van der Waals surface area contributed by atoms with Crippen LogP contribution >= 0.6 is 0 Å². The summed E-state index contributed by atoms with van der Waals surface area (Å²) < 4.78 is 17.6. The maximum Gasteiger partial charge on any atom is 0.373 e. The van der Waals surface area contributed by atoms with E-state index in [2.05, 4.69) is 5.16 Å². The van der Waals surface area contributed by atoms with Crippen molar-refractivity contribution in [1.82, 2.24) is 0 Å². The Bertz CT molecular complexity index is 1540. The molecule has 12 atom stereocenters. The molecule has 0 amide bonds. The second-order valence-electron chi connectivity index (χ2n) is 15.3. The molecule has 1 aliphatic rings. The van der Waals surface area contributed by atoms with Crippen molar-refractivity contribution < 1.29 is 44.3 Å². The molecule has 2 rings (SSSR count). The molecule has 4 N–H and O–H groups in total.